The minimum absolute atomic E-state index is 0.561. The van der Waals surface area contributed by atoms with Gasteiger partial charge in [0.05, 0.1) is 28.4 Å². The van der Waals surface area contributed by atoms with Crippen LogP contribution in [0.1, 0.15) is 22.8 Å². The molecule has 0 atom stereocenters. The fourth-order valence-electron chi connectivity index (χ4n) is 4.87. The number of aryl methyl sites for hydroxylation is 3. The fraction of sp³-hybridized carbons (Fsp3) is 0.0968. The molecule has 0 radical (unpaired) electrons. The summed E-state index contributed by atoms with van der Waals surface area (Å²) in [5.74, 6) is 1.86. The fourth-order valence-corrected chi connectivity index (χ4v) is 4.87. The molecule has 0 N–H and O–H groups in total. The smallest absolute Gasteiger partial charge is 0.165 e. The molecule has 2 aromatic heterocycles. The second-order valence-electron chi connectivity index (χ2n) is 9.05. The van der Waals surface area contributed by atoms with Gasteiger partial charge >= 0.3 is 0 Å². The van der Waals surface area contributed by atoms with Gasteiger partial charge in [-0.25, -0.2) is 15.0 Å². The molecule has 0 amide bonds. The van der Waals surface area contributed by atoms with Crippen LogP contribution in [0.25, 0.3) is 50.0 Å². The summed E-state index contributed by atoms with van der Waals surface area (Å²) in [5, 5.41) is 12.0. The highest BCUT2D eigenvalue weighted by Gasteiger charge is 2.18. The summed E-state index contributed by atoms with van der Waals surface area (Å²) in [6.45, 7) is 5.82. The summed E-state index contributed by atoms with van der Waals surface area (Å²) in [6.07, 6.45) is 0. The zero-order valence-corrected chi connectivity index (χ0v) is 20.3. The van der Waals surface area contributed by atoms with Crippen molar-refractivity contribution in [1.82, 2.24) is 19.5 Å². The molecule has 0 spiro atoms. The quantitative estimate of drug-likeness (QED) is 0.280. The molecular formula is C31H23N5. The van der Waals surface area contributed by atoms with Crippen LogP contribution < -0.4 is 0 Å². The minimum Gasteiger partial charge on any atom is -0.308 e. The second kappa shape index (κ2) is 8.44. The van der Waals surface area contributed by atoms with Gasteiger partial charge in [0.25, 0.3) is 0 Å². The molecule has 0 bridgehead atoms. The van der Waals surface area contributed by atoms with Gasteiger partial charge in [0.15, 0.2) is 5.82 Å². The van der Waals surface area contributed by atoms with E-state index < -0.39 is 0 Å². The molecule has 4 aromatic carbocycles. The Balaban J connectivity index is 1.70. The van der Waals surface area contributed by atoms with Crippen molar-refractivity contribution < 1.29 is 0 Å². The summed E-state index contributed by atoms with van der Waals surface area (Å²) < 4.78 is 2.26. The van der Waals surface area contributed by atoms with E-state index in [1.165, 1.54) is 21.9 Å². The Labute approximate surface area is 209 Å². The number of hydrogen-bond acceptors (Lipinski definition) is 4. The van der Waals surface area contributed by atoms with Crippen LogP contribution in [0.4, 0.5) is 0 Å². The van der Waals surface area contributed by atoms with E-state index in [9.17, 15) is 5.26 Å². The summed E-state index contributed by atoms with van der Waals surface area (Å²) >= 11 is 0. The number of para-hydroxylation sites is 1. The summed E-state index contributed by atoms with van der Waals surface area (Å²) in [5.41, 5.74) is 8.00. The van der Waals surface area contributed by atoms with E-state index in [1.54, 1.807) is 0 Å². The molecule has 0 saturated carbocycles. The highest BCUT2D eigenvalue weighted by atomic mass is 15.0. The van der Waals surface area contributed by atoms with Gasteiger partial charge in [-0.2, -0.15) is 5.26 Å². The largest absolute Gasteiger partial charge is 0.308 e. The molecule has 2 heterocycles. The number of nitrogens with zero attached hydrogens (tertiary/aromatic N) is 5. The van der Waals surface area contributed by atoms with E-state index in [4.69, 9.17) is 0 Å². The number of aromatic nitrogens is 4. The Hall–Kier alpha value is -4.82. The van der Waals surface area contributed by atoms with Crippen LogP contribution in [-0.2, 0) is 0 Å². The number of fused-ring (bicyclic) bond motifs is 3. The average Bonchev–Trinajstić information content (AvgIpc) is 3.21. The molecule has 0 aliphatic rings. The maximum absolute atomic E-state index is 9.66. The predicted octanol–water partition coefficient (Wildman–Crippen LogP) is 7.10. The zero-order chi connectivity index (χ0) is 24.8. The van der Waals surface area contributed by atoms with Crippen molar-refractivity contribution in [1.29, 1.82) is 5.26 Å². The topological polar surface area (TPSA) is 67.4 Å². The first-order valence-electron chi connectivity index (χ1n) is 11.9. The van der Waals surface area contributed by atoms with Crippen LogP contribution in [0.3, 0.4) is 0 Å². The lowest BCUT2D eigenvalue weighted by molar-refractivity contribution is 0.926. The highest BCUT2D eigenvalue weighted by Crippen LogP contribution is 2.37. The molecule has 5 nitrogen and oxygen atoms in total. The SMILES string of the molecule is Cc1ccc(-c2ccc3c4ccccc4n(-c4ccc(C#N)cc4-c4nc(C)nc(C)n4)c3c2)cc1. The molecule has 0 aliphatic heterocycles. The van der Waals surface area contributed by atoms with Gasteiger partial charge in [0.1, 0.15) is 11.6 Å². The maximum Gasteiger partial charge on any atom is 0.165 e. The second-order valence-corrected chi connectivity index (χ2v) is 9.05. The molecule has 6 aromatic rings. The van der Waals surface area contributed by atoms with Crippen LogP contribution in [-0.4, -0.2) is 19.5 Å². The van der Waals surface area contributed by atoms with Crippen LogP contribution in [0.15, 0.2) is 84.9 Å². The third kappa shape index (κ3) is 3.60. The van der Waals surface area contributed by atoms with Crippen molar-refractivity contribution in [3.8, 4) is 34.3 Å². The highest BCUT2D eigenvalue weighted by molar-refractivity contribution is 6.10. The molecule has 0 aliphatic carbocycles. The lowest BCUT2D eigenvalue weighted by Crippen LogP contribution is -2.03. The van der Waals surface area contributed by atoms with Crippen LogP contribution >= 0.6 is 0 Å². The molecule has 5 heteroatoms. The zero-order valence-electron chi connectivity index (χ0n) is 20.3. The summed E-state index contributed by atoms with van der Waals surface area (Å²) in [6, 6.07) is 31.6. The number of benzene rings is 4. The van der Waals surface area contributed by atoms with Crippen molar-refractivity contribution >= 4 is 21.8 Å². The Morgan fingerprint density at radius 1 is 0.667 bits per heavy atom. The number of nitriles is 1. The predicted molar refractivity (Wildman–Crippen MR) is 144 cm³/mol. The summed E-state index contributed by atoms with van der Waals surface area (Å²) in [7, 11) is 0. The van der Waals surface area contributed by atoms with Crippen molar-refractivity contribution in [3.63, 3.8) is 0 Å². The van der Waals surface area contributed by atoms with E-state index in [-0.39, 0.29) is 0 Å². The van der Waals surface area contributed by atoms with Crippen LogP contribution in [0.2, 0.25) is 0 Å². The van der Waals surface area contributed by atoms with Gasteiger partial charge in [-0.1, -0.05) is 60.2 Å². The third-order valence-corrected chi connectivity index (χ3v) is 6.53. The molecule has 172 valence electrons. The first-order chi connectivity index (χ1) is 17.5. The normalized spacial score (nSPS) is 11.2. The molecule has 0 fully saturated rings. The number of hydrogen-bond donors (Lipinski definition) is 0. The Kier molecular flexibility index (Phi) is 5.09. The Morgan fingerprint density at radius 3 is 2.11 bits per heavy atom. The first-order valence-corrected chi connectivity index (χ1v) is 11.9. The van der Waals surface area contributed by atoms with E-state index in [1.807, 2.05) is 32.0 Å². The molecule has 0 unspecified atom stereocenters. The molecule has 0 saturated heterocycles. The third-order valence-electron chi connectivity index (χ3n) is 6.53. The van der Waals surface area contributed by atoms with Gasteiger partial charge in [-0.15, -0.1) is 0 Å². The van der Waals surface area contributed by atoms with Gasteiger partial charge in [-0.3, -0.25) is 0 Å². The summed E-state index contributed by atoms with van der Waals surface area (Å²) in [4.78, 5) is 13.6. The minimum atomic E-state index is 0.561. The van der Waals surface area contributed by atoms with Crippen molar-refractivity contribution in [2.24, 2.45) is 0 Å². The van der Waals surface area contributed by atoms with E-state index in [0.29, 0.717) is 23.0 Å². The van der Waals surface area contributed by atoms with Gasteiger partial charge < -0.3 is 4.57 Å². The average molecular weight is 466 g/mol. The monoisotopic (exact) mass is 465 g/mol. The standard InChI is InChI=1S/C31H23N5/c1-19-8-11-23(12-9-19)24-13-14-26-25-6-4-5-7-28(25)36(30(26)17-24)29-15-10-22(18-32)16-27(29)31-34-20(2)33-21(3)35-31/h4-17H,1-3H3. The lowest BCUT2D eigenvalue weighted by Gasteiger charge is -2.14. The van der Waals surface area contributed by atoms with Crippen molar-refractivity contribution in [2.75, 3.05) is 0 Å². The molecule has 6 rings (SSSR count). The molecular weight excluding hydrogens is 442 g/mol. The lowest BCUT2D eigenvalue weighted by atomic mass is 10.0. The van der Waals surface area contributed by atoms with Crippen molar-refractivity contribution in [3.05, 3.63) is 108 Å². The maximum atomic E-state index is 9.66. The van der Waals surface area contributed by atoms with E-state index >= 15 is 0 Å². The first kappa shape index (κ1) is 21.7. The molecule has 36 heavy (non-hydrogen) atoms. The van der Waals surface area contributed by atoms with Gasteiger partial charge in [0.2, 0.25) is 0 Å². The Bertz CT molecular complexity index is 1800. The van der Waals surface area contributed by atoms with E-state index in [0.717, 1.165) is 27.8 Å². The van der Waals surface area contributed by atoms with E-state index in [2.05, 4.69) is 99.2 Å². The number of rotatable bonds is 3. The van der Waals surface area contributed by atoms with Crippen molar-refractivity contribution in [2.45, 2.75) is 20.8 Å². The Morgan fingerprint density at radius 2 is 1.36 bits per heavy atom. The van der Waals surface area contributed by atoms with Crippen LogP contribution in [0, 0.1) is 32.1 Å². The van der Waals surface area contributed by atoms with Crippen LogP contribution in [0.5, 0.6) is 0 Å². The van der Waals surface area contributed by atoms with Gasteiger partial charge in [0, 0.05) is 16.3 Å². The van der Waals surface area contributed by atoms with Gasteiger partial charge in [-0.05, 0) is 62.2 Å².